The topological polar surface area (TPSA) is 12.0 Å². The molecule has 0 amide bonds. The summed E-state index contributed by atoms with van der Waals surface area (Å²) in [6.45, 7) is 1.24. The molecule has 10 heavy (non-hydrogen) atoms. The Morgan fingerprint density at radius 3 is 3.00 bits per heavy atom. The van der Waals surface area contributed by atoms with Crippen molar-refractivity contribution in [2.24, 2.45) is 0 Å². The first-order valence-corrected chi connectivity index (χ1v) is 5.37. The fourth-order valence-corrected chi connectivity index (χ4v) is 3.32. The molecule has 2 aliphatic rings. The van der Waals surface area contributed by atoms with E-state index in [9.17, 15) is 0 Å². The van der Waals surface area contributed by atoms with Crippen molar-refractivity contribution >= 4 is 11.8 Å². The molecule has 0 unspecified atom stereocenters. The van der Waals surface area contributed by atoms with Crippen molar-refractivity contribution in [3.05, 3.63) is 0 Å². The van der Waals surface area contributed by atoms with Gasteiger partial charge in [-0.05, 0) is 12.8 Å². The minimum atomic E-state index is 0.868. The summed E-state index contributed by atoms with van der Waals surface area (Å²) < 4.78 is 0. The number of fused-ring (bicyclic) bond motifs is 1. The molecule has 1 heterocycles. The van der Waals surface area contributed by atoms with E-state index in [1.54, 1.807) is 0 Å². The van der Waals surface area contributed by atoms with E-state index >= 15 is 0 Å². The molecule has 2 atom stereocenters. The van der Waals surface area contributed by atoms with Gasteiger partial charge in [0.15, 0.2) is 0 Å². The Morgan fingerprint density at radius 1 is 1.20 bits per heavy atom. The van der Waals surface area contributed by atoms with Gasteiger partial charge in [-0.3, -0.25) is 0 Å². The maximum atomic E-state index is 3.60. The second-order valence-electron chi connectivity index (χ2n) is 3.25. The smallest absolute Gasteiger partial charge is 0.0201 e. The number of nitrogens with one attached hydrogen (secondary N) is 1. The fourth-order valence-electron chi connectivity index (χ4n) is 1.98. The predicted octanol–water partition coefficient (Wildman–Crippen LogP) is 1.63. The summed E-state index contributed by atoms with van der Waals surface area (Å²) >= 11 is 2.18. The van der Waals surface area contributed by atoms with Crippen LogP contribution in [0, 0.1) is 0 Å². The summed E-state index contributed by atoms with van der Waals surface area (Å²) in [4.78, 5) is 0. The van der Waals surface area contributed by atoms with Crippen LogP contribution in [0.25, 0.3) is 0 Å². The first kappa shape index (κ1) is 6.99. The van der Waals surface area contributed by atoms with Crippen molar-refractivity contribution < 1.29 is 0 Å². The van der Waals surface area contributed by atoms with Crippen LogP contribution in [0.4, 0.5) is 0 Å². The van der Waals surface area contributed by atoms with Crippen LogP contribution < -0.4 is 5.32 Å². The highest BCUT2D eigenvalue weighted by Crippen LogP contribution is 2.30. The summed E-state index contributed by atoms with van der Waals surface area (Å²) in [7, 11) is 0. The molecule has 2 heteroatoms. The lowest BCUT2D eigenvalue weighted by molar-refractivity contribution is 0.383. The second-order valence-corrected chi connectivity index (χ2v) is 4.60. The van der Waals surface area contributed by atoms with Crippen LogP contribution in [0.15, 0.2) is 0 Å². The Kier molecular flexibility index (Phi) is 2.19. The molecule has 1 nitrogen and oxygen atoms in total. The maximum Gasteiger partial charge on any atom is 0.0201 e. The van der Waals surface area contributed by atoms with E-state index in [-0.39, 0.29) is 0 Å². The lowest BCUT2D eigenvalue weighted by Gasteiger charge is -2.35. The number of thioether (sulfide) groups is 1. The monoisotopic (exact) mass is 157 g/mol. The van der Waals surface area contributed by atoms with Gasteiger partial charge in [0.2, 0.25) is 0 Å². The van der Waals surface area contributed by atoms with E-state index in [1.807, 2.05) is 0 Å². The van der Waals surface area contributed by atoms with Gasteiger partial charge in [0.1, 0.15) is 0 Å². The van der Waals surface area contributed by atoms with Crippen LogP contribution in [-0.4, -0.2) is 23.6 Å². The Bertz CT molecular complexity index is 89.8. The quantitative estimate of drug-likeness (QED) is 0.573. The van der Waals surface area contributed by atoms with Gasteiger partial charge in [-0.25, -0.2) is 0 Å². The molecule has 1 saturated carbocycles. The third-order valence-electron chi connectivity index (χ3n) is 2.54. The average Bonchev–Trinajstić information content (AvgIpc) is 2.05. The third-order valence-corrected chi connectivity index (χ3v) is 3.98. The highest BCUT2D eigenvalue weighted by molar-refractivity contribution is 8.00. The van der Waals surface area contributed by atoms with E-state index in [1.165, 1.54) is 38.0 Å². The molecule has 1 aliphatic heterocycles. The Hall–Kier alpha value is 0.310. The SMILES string of the molecule is C1CC[C@H]2SCCN[C@H]2C1. The van der Waals surface area contributed by atoms with Crippen LogP contribution in [0.3, 0.4) is 0 Å². The van der Waals surface area contributed by atoms with Gasteiger partial charge >= 0.3 is 0 Å². The Morgan fingerprint density at radius 2 is 2.10 bits per heavy atom. The Balaban J connectivity index is 1.93. The van der Waals surface area contributed by atoms with Crippen molar-refractivity contribution in [3.63, 3.8) is 0 Å². The largest absolute Gasteiger partial charge is 0.312 e. The molecule has 1 saturated heterocycles. The van der Waals surface area contributed by atoms with Crippen LogP contribution >= 0.6 is 11.8 Å². The number of hydrogen-bond acceptors (Lipinski definition) is 2. The van der Waals surface area contributed by atoms with Crippen LogP contribution in [-0.2, 0) is 0 Å². The highest BCUT2D eigenvalue weighted by atomic mass is 32.2. The van der Waals surface area contributed by atoms with E-state index in [0.29, 0.717) is 0 Å². The highest BCUT2D eigenvalue weighted by Gasteiger charge is 2.27. The van der Waals surface area contributed by atoms with Gasteiger partial charge in [-0.2, -0.15) is 11.8 Å². The zero-order chi connectivity index (χ0) is 6.81. The lowest BCUT2D eigenvalue weighted by atomic mass is 9.95. The summed E-state index contributed by atoms with van der Waals surface area (Å²) in [5.74, 6) is 1.33. The summed E-state index contributed by atoms with van der Waals surface area (Å²) in [6, 6.07) is 0.868. The average molecular weight is 157 g/mol. The van der Waals surface area contributed by atoms with E-state index in [4.69, 9.17) is 0 Å². The first-order chi connectivity index (χ1) is 4.97. The zero-order valence-corrected chi connectivity index (χ0v) is 7.12. The molecule has 0 aromatic heterocycles. The van der Waals surface area contributed by atoms with Crippen molar-refractivity contribution in [1.29, 1.82) is 0 Å². The Labute approximate surface area is 67.0 Å². The molecular formula is C8H15NS. The van der Waals surface area contributed by atoms with E-state index in [2.05, 4.69) is 17.1 Å². The van der Waals surface area contributed by atoms with Gasteiger partial charge in [0.25, 0.3) is 0 Å². The minimum Gasteiger partial charge on any atom is -0.312 e. The predicted molar refractivity (Wildman–Crippen MR) is 46.5 cm³/mol. The van der Waals surface area contributed by atoms with E-state index < -0.39 is 0 Å². The zero-order valence-electron chi connectivity index (χ0n) is 6.31. The summed E-state index contributed by atoms with van der Waals surface area (Å²) in [5, 5.41) is 4.56. The maximum absolute atomic E-state index is 3.60. The number of hydrogen-bond donors (Lipinski definition) is 1. The van der Waals surface area contributed by atoms with Crippen LogP contribution in [0.5, 0.6) is 0 Å². The third kappa shape index (κ3) is 1.32. The molecule has 0 aromatic rings. The molecule has 1 N–H and O–H groups in total. The van der Waals surface area contributed by atoms with E-state index in [0.717, 1.165) is 11.3 Å². The van der Waals surface area contributed by atoms with Crippen molar-refractivity contribution in [1.82, 2.24) is 5.32 Å². The van der Waals surface area contributed by atoms with Crippen molar-refractivity contribution in [3.8, 4) is 0 Å². The van der Waals surface area contributed by atoms with Gasteiger partial charge in [-0.15, -0.1) is 0 Å². The summed E-state index contributed by atoms with van der Waals surface area (Å²) in [6.07, 6.45) is 5.81. The molecule has 1 aliphatic carbocycles. The standard InChI is InChI=1S/C8H15NS/c1-2-4-8-7(3-1)9-5-6-10-8/h7-9H,1-6H2/t7-,8+/m0/s1. The van der Waals surface area contributed by atoms with Crippen LogP contribution in [0.1, 0.15) is 25.7 Å². The summed E-state index contributed by atoms with van der Waals surface area (Å²) in [5.41, 5.74) is 0. The van der Waals surface area contributed by atoms with Gasteiger partial charge < -0.3 is 5.32 Å². The minimum absolute atomic E-state index is 0.868. The van der Waals surface area contributed by atoms with Gasteiger partial charge in [0.05, 0.1) is 0 Å². The lowest BCUT2D eigenvalue weighted by Crippen LogP contribution is -2.45. The molecule has 0 radical (unpaired) electrons. The van der Waals surface area contributed by atoms with Crippen molar-refractivity contribution in [2.45, 2.75) is 37.0 Å². The molecule has 58 valence electrons. The molecule has 2 rings (SSSR count). The molecule has 0 bridgehead atoms. The normalized spacial score (nSPS) is 40.8. The molecule has 0 spiro atoms. The fraction of sp³-hybridized carbons (Fsp3) is 1.00. The molecule has 2 fully saturated rings. The second kappa shape index (κ2) is 3.14. The molecule has 0 aromatic carbocycles. The molecular weight excluding hydrogens is 142 g/mol. The number of rotatable bonds is 0. The van der Waals surface area contributed by atoms with Gasteiger partial charge in [-0.1, -0.05) is 12.8 Å². The van der Waals surface area contributed by atoms with Crippen molar-refractivity contribution in [2.75, 3.05) is 12.3 Å². The first-order valence-electron chi connectivity index (χ1n) is 4.32. The van der Waals surface area contributed by atoms with Gasteiger partial charge in [0, 0.05) is 23.6 Å². The van der Waals surface area contributed by atoms with Crippen LogP contribution in [0.2, 0.25) is 0 Å².